The van der Waals surface area contributed by atoms with E-state index in [9.17, 15) is 9.59 Å². The van der Waals surface area contributed by atoms with Gasteiger partial charge in [0.05, 0.1) is 35.5 Å². The summed E-state index contributed by atoms with van der Waals surface area (Å²) in [7, 11) is 0. The molecule has 0 bridgehead atoms. The zero-order valence-corrected chi connectivity index (χ0v) is 30.1. The summed E-state index contributed by atoms with van der Waals surface area (Å²) in [6.45, 7) is 5.12. The zero-order chi connectivity index (χ0) is 36.6. The maximum absolute atomic E-state index is 13.6. The highest BCUT2D eigenvalue weighted by Gasteiger charge is 2.26. The highest BCUT2D eigenvalue weighted by molar-refractivity contribution is 5.96. The maximum atomic E-state index is 13.6. The first-order valence-corrected chi connectivity index (χ1v) is 18.4. The van der Waals surface area contributed by atoms with Gasteiger partial charge in [-0.15, -0.1) is 0 Å². The molecule has 1 aliphatic rings. The second-order valence-corrected chi connectivity index (χ2v) is 13.1. The quantitative estimate of drug-likeness (QED) is 0.105. The minimum atomic E-state index is -0.528. The summed E-state index contributed by atoms with van der Waals surface area (Å²) in [6, 6.07) is 42.4. The van der Waals surface area contributed by atoms with Crippen LogP contribution in [-0.2, 0) is 12.8 Å². The van der Waals surface area contributed by atoms with Crippen LogP contribution in [0.4, 0.5) is 0 Å². The number of hydrogen-bond acceptors (Lipinski definition) is 6. The molecule has 53 heavy (non-hydrogen) atoms. The molecule has 0 saturated heterocycles. The molecular formula is C47H42O6. The van der Waals surface area contributed by atoms with Crippen LogP contribution >= 0.6 is 0 Å². The fourth-order valence-corrected chi connectivity index (χ4v) is 6.57. The van der Waals surface area contributed by atoms with E-state index in [1.807, 2.05) is 36.4 Å². The highest BCUT2D eigenvalue weighted by Crippen LogP contribution is 2.48. The van der Waals surface area contributed by atoms with Crippen molar-refractivity contribution in [2.75, 3.05) is 13.2 Å². The molecule has 1 aliphatic heterocycles. The van der Waals surface area contributed by atoms with Gasteiger partial charge in [-0.25, -0.2) is 9.59 Å². The Hall–Kier alpha value is -6.14. The molecule has 1 heterocycles. The third kappa shape index (κ3) is 8.18. The van der Waals surface area contributed by atoms with Crippen LogP contribution in [0.25, 0.3) is 33.4 Å². The molecule has 0 radical (unpaired) electrons. The fourth-order valence-electron chi connectivity index (χ4n) is 6.57. The van der Waals surface area contributed by atoms with Gasteiger partial charge in [0.1, 0.15) is 23.0 Å². The number of benzene rings is 6. The Bertz CT molecular complexity index is 2030. The predicted molar refractivity (Wildman–Crippen MR) is 209 cm³/mol. The normalized spacial score (nSPS) is 12.1. The van der Waals surface area contributed by atoms with Crippen molar-refractivity contribution in [3.63, 3.8) is 0 Å². The van der Waals surface area contributed by atoms with Gasteiger partial charge in [0, 0.05) is 6.42 Å². The molecular weight excluding hydrogens is 661 g/mol. The lowest BCUT2D eigenvalue weighted by molar-refractivity contribution is 0.0722. The number of esters is 2. The maximum Gasteiger partial charge on any atom is 0.343 e. The number of aryl methyl sites for hydroxylation is 2. The van der Waals surface area contributed by atoms with Crippen LogP contribution in [0, 0.1) is 0 Å². The number of hydrogen-bond donors (Lipinski definition) is 0. The van der Waals surface area contributed by atoms with E-state index in [1.54, 1.807) is 48.5 Å². The van der Waals surface area contributed by atoms with Crippen molar-refractivity contribution in [2.24, 2.45) is 0 Å². The van der Waals surface area contributed by atoms with Crippen molar-refractivity contribution in [1.82, 2.24) is 0 Å². The first-order chi connectivity index (χ1) is 26.0. The van der Waals surface area contributed by atoms with E-state index >= 15 is 0 Å². The number of fused-ring (bicyclic) bond motifs is 3. The van der Waals surface area contributed by atoms with Gasteiger partial charge in [-0.1, -0.05) is 112 Å². The molecule has 0 atom stereocenters. The van der Waals surface area contributed by atoms with Crippen LogP contribution in [0.15, 0.2) is 133 Å². The van der Waals surface area contributed by atoms with Crippen molar-refractivity contribution in [3.05, 3.63) is 156 Å². The molecule has 0 amide bonds. The van der Waals surface area contributed by atoms with E-state index in [0.717, 1.165) is 47.9 Å². The molecule has 266 valence electrons. The average molecular weight is 703 g/mol. The lowest BCUT2D eigenvalue weighted by Gasteiger charge is -2.19. The van der Waals surface area contributed by atoms with Crippen molar-refractivity contribution >= 4 is 11.9 Å². The van der Waals surface area contributed by atoms with Crippen LogP contribution < -0.4 is 18.9 Å². The molecule has 0 fully saturated rings. The standard InChI is InChI=1S/C47H42O6/c1-3-8-32-14-18-34(19-15-32)36-22-26-38(27-23-36)46(48)52-42-12-5-10-40-44(42)45-41(51-31-7-30-50-40)11-6-13-43(45)53-47(49)39-28-24-37(25-29-39)35-20-16-33(9-4-2)17-21-35/h5-6,10-29H,3-4,7-9,30-31H2,1-2H3. The molecule has 0 unspecified atom stereocenters. The van der Waals surface area contributed by atoms with Crippen LogP contribution in [0.1, 0.15) is 65.0 Å². The molecule has 0 N–H and O–H groups in total. The molecule has 6 nitrogen and oxygen atoms in total. The Morgan fingerprint density at radius 3 is 1.21 bits per heavy atom. The van der Waals surface area contributed by atoms with E-state index in [1.165, 1.54) is 11.1 Å². The first kappa shape index (κ1) is 35.3. The van der Waals surface area contributed by atoms with Gasteiger partial charge in [-0.2, -0.15) is 0 Å². The van der Waals surface area contributed by atoms with Crippen LogP contribution in [0.2, 0.25) is 0 Å². The zero-order valence-electron chi connectivity index (χ0n) is 30.1. The fraction of sp³-hybridized carbons (Fsp3) is 0.191. The van der Waals surface area contributed by atoms with Crippen LogP contribution in [-0.4, -0.2) is 25.2 Å². The van der Waals surface area contributed by atoms with Gasteiger partial charge >= 0.3 is 11.9 Å². The molecule has 6 aromatic carbocycles. The third-order valence-electron chi connectivity index (χ3n) is 9.33. The van der Waals surface area contributed by atoms with Gasteiger partial charge in [0.2, 0.25) is 0 Å². The smallest absolute Gasteiger partial charge is 0.343 e. The summed E-state index contributed by atoms with van der Waals surface area (Å²) in [5, 5.41) is 0. The minimum Gasteiger partial charge on any atom is -0.493 e. The van der Waals surface area contributed by atoms with Gasteiger partial charge in [0.25, 0.3) is 0 Å². The highest BCUT2D eigenvalue weighted by atomic mass is 16.5. The molecule has 0 aliphatic carbocycles. The summed E-state index contributed by atoms with van der Waals surface area (Å²) >= 11 is 0. The van der Waals surface area contributed by atoms with E-state index in [0.29, 0.717) is 53.4 Å². The van der Waals surface area contributed by atoms with Gasteiger partial charge < -0.3 is 18.9 Å². The number of rotatable bonds is 10. The molecule has 6 aromatic rings. The summed E-state index contributed by atoms with van der Waals surface area (Å²) in [6.07, 6.45) is 4.92. The third-order valence-corrected chi connectivity index (χ3v) is 9.33. The van der Waals surface area contributed by atoms with Crippen LogP contribution in [0.3, 0.4) is 0 Å². The second-order valence-electron chi connectivity index (χ2n) is 13.1. The van der Waals surface area contributed by atoms with E-state index in [-0.39, 0.29) is 11.5 Å². The first-order valence-electron chi connectivity index (χ1n) is 18.4. The minimum absolute atomic E-state index is 0.257. The SMILES string of the molecule is CCCc1ccc(-c2ccc(C(=O)Oc3cccc4c3-c3c(cccc3OC(=O)c3ccc(-c5ccc(CCC)cc5)cc3)OCCCO4)cc2)cc1. The molecule has 7 rings (SSSR count). The Labute approximate surface area is 311 Å². The second kappa shape index (κ2) is 16.5. The Morgan fingerprint density at radius 2 is 0.849 bits per heavy atom. The number of carbonyl (C=O) groups excluding carboxylic acids is 2. The van der Waals surface area contributed by atoms with Crippen LogP contribution in [0.5, 0.6) is 23.0 Å². The lowest BCUT2D eigenvalue weighted by Crippen LogP contribution is -2.11. The summed E-state index contributed by atoms with van der Waals surface area (Å²) in [4.78, 5) is 27.3. The van der Waals surface area contributed by atoms with Gasteiger partial charge in [0.15, 0.2) is 0 Å². The van der Waals surface area contributed by atoms with Crippen molar-refractivity contribution in [3.8, 4) is 56.4 Å². The summed E-state index contributed by atoms with van der Waals surface area (Å²) in [5.74, 6) is 0.434. The topological polar surface area (TPSA) is 71.1 Å². The average Bonchev–Trinajstić information content (AvgIpc) is 3.28. The predicted octanol–water partition coefficient (Wildman–Crippen LogP) is 11.2. The Morgan fingerprint density at radius 1 is 0.491 bits per heavy atom. The lowest BCUT2D eigenvalue weighted by atomic mass is 10.00. The Kier molecular flexibility index (Phi) is 11.0. The molecule has 6 heteroatoms. The largest absolute Gasteiger partial charge is 0.493 e. The summed E-state index contributed by atoms with van der Waals surface area (Å²) < 4.78 is 24.6. The molecule has 0 spiro atoms. The van der Waals surface area contributed by atoms with E-state index in [2.05, 4.69) is 62.4 Å². The van der Waals surface area contributed by atoms with E-state index < -0.39 is 11.9 Å². The van der Waals surface area contributed by atoms with Gasteiger partial charge in [-0.05, 0) is 94.8 Å². The molecule has 0 aromatic heterocycles. The number of ether oxygens (including phenoxy) is 4. The molecule has 0 saturated carbocycles. The van der Waals surface area contributed by atoms with Crippen molar-refractivity contribution in [2.45, 2.75) is 46.0 Å². The number of carbonyl (C=O) groups is 2. The van der Waals surface area contributed by atoms with E-state index in [4.69, 9.17) is 18.9 Å². The summed E-state index contributed by atoms with van der Waals surface area (Å²) in [5.41, 5.74) is 8.50. The van der Waals surface area contributed by atoms with Gasteiger partial charge in [-0.3, -0.25) is 0 Å². The van der Waals surface area contributed by atoms with Crippen molar-refractivity contribution in [1.29, 1.82) is 0 Å². The monoisotopic (exact) mass is 702 g/mol. The van der Waals surface area contributed by atoms with Crippen molar-refractivity contribution < 1.29 is 28.5 Å². The Balaban J connectivity index is 1.16.